The number of rotatable bonds is 2. The van der Waals surface area contributed by atoms with Crippen LogP contribution < -0.4 is 0 Å². The Morgan fingerprint density at radius 3 is 2.63 bits per heavy atom. The quantitative estimate of drug-likeness (QED) is 0.811. The summed E-state index contributed by atoms with van der Waals surface area (Å²) in [6, 6.07) is 0. The van der Waals surface area contributed by atoms with E-state index in [1.54, 1.807) is 0 Å². The highest BCUT2D eigenvalue weighted by Crippen LogP contribution is 2.56. The van der Waals surface area contributed by atoms with Crippen molar-refractivity contribution in [3.8, 4) is 0 Å². The van der Waals surface area contributed by atoms with Gasteiger partial charge in [-0.05, 0) is 53.9 Å². The lowest BCUT2D eigenvalue weighted by molar-refractivity contribution is -0.140. The van der Waals surface area contributed by atoms with E-state index < -0.39 is 5.97 Å². The Bertz CT molecular complexity index is 418. The summed E-state index contributed by atoms with van der Waals surface area (Å²) in [5.74, 6) is -0.130. The molecular formula is C16H24O2S. The number of hydrogen-bond acceptors (Lipinski definition) is 2. The summed E-state index contributed by atoms with van der Waals surface area (Å²) in [6.45, 7) is 4.56. The molecule has 0 bridgehead atoms. The molecular weight excluding hydrogens is 256 g/mol. The minimum Gasteiger partial charge on any atom is -0.481 e. The third-order valence-electron chi connectivity index (χ3n) is 5.17. The first-order valence-corrected chi connectivity index (χ1v) is 8.47. The highest BCUT2D eigenvalue weighted by atomic mass is 32.2. The van der Waals surface area contributed by atoms with E-state index >= 15 is 0 Å². The van der Waals surface area contributed by atoms with Gasteiger partial charge in [0.05, 0.1) is 5.92 Å². The molecule has 0 saturated heterocycles. The number of aliphatic carboxylic acids is 1. The molecule has 2 atom stereocenters. The zero-order valence-electron chi connectivity index (χ0n) is 11.9. The zero-order valence-corrected chi connectivity index (χ0v) is 12.8. The largest absolute Gasteiger partial charge is 0.481 e. The summed E-state index contributed by atoms with van der Waals surface area (Å²) in [6.07, 6.45) is 8.39. The number of thioether (sulfide) groups is 1. The molecule has 0 aromatic heterocycles. The normalized spacial score (nSPS) is 34.6. The first kappa shape index (κ1) is 13.5. The molecule has 1 fully saturated rings. The van der Waals surface area contributed by atoms with Gasteiger partial charge in [0.1, 0.15) is 0 Å². The van der Waals surface area contributed by atoms with Crippen LogP contribution in [0.2, 0.25) is 0 Å². The summed E-state index contributed by atoms with van der Waals surface area (Å²) in [5, 5.41) is 10.0. The molecule has 2 nitrogen and oxygen atoms in total. The predicted molar refractivity (Wildman–Crippen MR) is 79.1 cm³/mol. The number of carboxylic acids is 1. The van der Waals surface area contributed by atoms with Crippen LogP contribution in [0.15, 0.2) is 10.5 Å². The van der Waals surface area contributed by atoms with Gasteiger partial charge >= 0.3 is 5.97 Å². The van der Waals surface area contributed by atoms with Gasteiger partial charge < -0.3 is 5.11 Å². The third kappa shape index (κ3) is 2.46. The molecule has 0 aromatic carbocycles. The highest BCUT2D eigenvalue weighted by molar-refractivity contribution is 8.04. The molecule has 1 aliphatic heterocycles. The fourth-order valence-electron chi connectivity index (χ4n) is 4.11. The van der Waals surface area contributed by atoms with Gasteiger partial charge in [-0.2, -0.15) is 0 Å². The molecule has 106 valence electrons. The van der Waals surface area contributed by atoms with Gasteiger partial charge in [0.2, 0.25) is 0 Å². The molecule has 1 N–H and O–H groups in total. The summed E-state index contributed by atoms with van der Waals surface area (Å²) < 4.78 is 0. The van der Waals surface area contributed by atoms with Gasteiger partial charge in [-0.25, -0.2) is 0 Å². The second kappa shape index (κ2) is 4.83. The average molecular weight is 280 g/mol. The lowest BCUT2D eigenvalue weighted by Crippen LogP contribution is -2.31. The number of carboxylic acid groups (broad SMARTS) is 1. The monoisotopic (exact) mass is 280 g/mol. The van der Waals surface area contributed by atoms with Crippen LogP contribution in [0, 0.1) is 17.3 Å². The van der Waals surface area contributed by atoms with Crippen LogP contribution in [0.1, 0.15) is 58.8 Å². The van der Waals surface area contributed by atoms with Crippen LogP contribution >= 0.6 is 11.8 Å². The molecule has 19 heavy (non-hydrogen) atoms. The van der Waals surface area contributed by atoms with Crippen LogP contribution in [0.25, 0.3) is 0 Å². The molecule has 0 amide bonds. The topological polar surface area (TPSA) is 37.3 Å². The van der Waals surface area contributed by atoms with Crippen molar-refractivity contribution in [2.45, 2.75) is 64.0 Å². The SMILES string of the molecule is CC1(C)CCC2=C(C1)C(C(=O)O)C(C1CCCC1)S2. The Hall–Kier alpha value is -0.440. The van der Waals surface area contributed by atoms with Crippen LogP contribution in [-0.2, 0) is 4.79 Å². The van der Waals surface area contributed by atoms with E-state index in [1.165, 1.54) is 42.6 Å². The van der Waals surface area contributed by atoms with Gasteiger partial charge in [0.25, 0.3) is 0 Å². The first-order valence-electron chi connectivity index (χ1n) is 7.59. The maximum Gasteiger partial charge on any atom is 0.311 e. The van der Waals surface area contributed by atoms with Crippen LogP contribution in [0.5, 0.6) is 0 Å². The summed E-state index contributed by atoms with van der Waals surface area (Å²) in [5.41, 5.74) is 1.57. The van der Waals surface area contributed by atoms with E-state index in [1.807, 2.05) is 11.8 Å². The Kier molecular flexibility index (Phi) is 3.45. The number of allylic oxidation sites excluding steroid dienone is 1. The zero-order chi connectivity index (χ0) is 13.6. The molecule has 0 radical (unpaired) electrons. The van der Waals surface area contributed by atoms with Crippen molar-refractivity contribution in [1.29, 1.82) is 0 Å². The van der Waals surface area contributed by atoms with Crippen molar-refractivity contribution in [1.82, 2.24) is 0 Å². The minimum atomic E-state index is -0.577. The van der Waals surface area contributed by atoms with Crippen molar-refractivity contribution in [3.63, 3.8) is 0 Å². The van der Waals surface area contributed by atoms with E-state index in [0.717, 1.165) is 12.8 Å². The Labute approximate surface area is 120 Å². The van der Waals surface area contributed by atoms with Gasteiger partial charge in [-0.3, -0.25) is 4.79 Å². The van der Waals surface area contributed by atoms with E-state index in [0.29, 0.717) is 11.2 Å². The Morgan fingerprint density at radius 1 is 1.32 bits per heavy atom. The average Bonchev–Trinajstić information content (AvgIpc) is 2.91. The van der Waals surface area contributed by atoms with Gasteiger partial charge in [0, 0.05) is 5.25 Å². The van der Waals surface area contributed by atoms with Gasteiger partial charge in [-0.1, -0.05) is 26.7 Å². The summed E-state index contributed by atoms with van der Waals surface area (Å²) in [4.78, 5) is 13.2. The number of hydrogen-bond donors (Lipinski definition) is 1. The third-order valence-corrected chi connectivity index (χ3v) is 6.85. The van der Waals surface area contributed by atoms with Crippen molar-refractivity contribution in [2.24, 2.45) is 17.3 Å². The molecule has 2 aliphatic carbocycles. The van der Waals surface area contributed by atoms with Crippen molar-refractivity contribution >= 4 is 17.7 Å². The minimum absolute atomic E-state index is 0.192. The van der Waals surface area contributed by atoms with E-state index in [2.05, 4.69) is 13.8 Å². The molecule has 3 rings (SSSR count). The Morgan fingerprint density at radius 2 is 2.00 bits per heavy atom. The molecule has 1 heterocycles. The van der Waals surface area contributed by atoms with E-state index in [9.17, 15) is 9.90 Å². The van der Waals surface area contributed by atoms with E-state index in [4.69, 9.17) is 0 Å². The molecule has 3 heteroatoms. The molecule has 3 aliphatic rings. The van der Waals surface area contributed by atoms with Crippen molar-refractivity contribution in [3.05, 3.63) is 10.5 Å². The first-order chi connectivity index (χ1) is 8.98. The predicted octanol–water partition coefficient (Wildman–Crippen LogP) is 4.46. The molecule has 0 spiro atoms. The fraction of sp³-hybridized carbons (Fsp3) is 0.812. The summed E-state index contributed by atoms with van der Waals surface area (Å²) in [7, 11) is 0. The van der Waals surface area contributed by atoms with Crippen molar-refractivity contribution in [2.75, 3.05) is 0 Å². The molecule has 0 aromatic rings. The fourth-order valence-corrected chi connectivity index (χ4v) is 5.89. The summed E-state index contributed by atoms with van der Waals surface area (Å²) >= 11 is 1.93. The maximum atomic E-state index is 11.8. The Balaban J connectivity index is 1.86. The maximum absolute atomic E-state index is 11.8. The number of carbonyl (C=O) groups is 1. The lowest BCUT2D eigenvalue weighted by atomic mass is 9.72. The van der Waals surface area contributed by atoms with E-state index in [-0.39, 0.29) is 11.3 Å². The second-order valence-corrected chi connectivity index (χ2v) is 8.51. The standard InChI is InChI=1S/C16H24O2S/c1-16(2)8-7-12-11(9-16)13(15(17)18)14(19-12)10-5-3-4-6-10/h10,13-14H,3-9H2,1-2H3,(H,17,18). The molecule has 2 unspecified atom stereocenters. The van der Waals surface area contributed by atoms with Crippen LogP contribution in [0.4, 0.5) is 0 Å². The van der Waals surface area contributed by atoms with Crippen molar-refractivity contribution < 1.29 is 9.90 Å². The van der Waals surface area contributed by atoms with Crippen LogP contribution in [-0.4, -0.2) is 16.3 Å². The molecule has 1 saturated carbocycles. The second-order valence-electron chi connectivity index (χ2n) is 7.23. The smallest absolute Gasteiger partial charge is 0.311 e. The van der Waals surface area contributed by atoms with Crippen LogP contribution in [0.3, 0.4) is 0 Å². The highest BCUT2D eigenvalue weighted by Gasteiger charge is 2.47. The lowest BCUT2D eigenvalue weighted by Gasteiger charge is -2.32. The van der Waals surface area contributed by atoms with Gasteiger partial charge in [-0.15, -0.1) is 11.8 Å². The van der Waals surface area contributed by atoms with Gasteiger partial charge in [0.15, 0.2) is 0 Å².